The van der Waals surface area contributed by atoms with E-state index >= 15 is 0 Å². The van der Waals surface area contributed by atoms with Gasteiger partial charge in [-0.3, -0.25) is 0 Å². The van der Waals surface area contributed by atoms with Gasteiger partial charge in [0, 0.05) is 56.3 Å². The lowest BCUT2D eigenvalue weighted by Crippen LogP contribution is -2.42. The summed E-state index contributed by atoms with van der Waals surface area (Å²) < 4.78 is 8.42. The second-order valence-electron chi connectivity index (χ2n) is 11.0. The highest BCUT2D eigenvalue weighted by Gasteiger charge is 2.52. The maximum Gasteiger partial charge on any atom is 0.225 e. The number of rotatable bonds is 4. The topological polar surface area (TPSA) is 71.9 Å². The molecule has 194 valence electrons. The number of methoxy groups -OCH3 is 1. The summed E-state index contributed by atoms with van der Waals surface area (Å²) in [5.41, 5.74) is 11.3. The number of para-hydroxylation sites is 1. The quantitative estimate of drug-likeness (QED) is 0.409. The zero-order chi connectivity index (χ0) is 26.2. The lowest BCUT2D eigenvalue weighted by atomic mass is 9.62. The van der Waals surface area contributed by atoms with Crippen LogP contribution in [0.5, 0.6) is 0 Å². The molecule has 2 unspecified atom stereocenters. The minimum absolute atomic E-state index is 0.386. The number of fused-ring (bicyclic) bond motifs is 10. The predicted molar refractivity (Wildman–Crippen MR) is 149 cm³/mol. The minimum atomic E-state index is -0.545. The summed E-state index contributed by atoms with van der Waals surface area (Å²) >= 11 is 0. The van der Waals surface area contributed by atoms with Crippen molar-refractivity contribution in [2.45, 2.75) is 64.5 Å². The largest absolute Gasteiger partial charge is 0.368 e. The van der Waals surface area contributed by atoms with Crippen LogP contribution in [0.2, 0.25) is 0 Å². The van der Waals surface area contributed by atoms with Crippen LogP contribution in [-0.4, -0.2) is 38.4 Å². The Bertz CT molecular complexity index is 1600. The summed E-state index contributed by atoms with van der Waals surface area (Å²) in [6, 6.07) is 8.90. The van der Waals surface area contributed by atoms with Crippen molar-refractivity contribution < 1.29 is 4.74 Å². The van der Waals surface area contributed by atoms with Gasteiger partial charge >= 0.3 is 0 Å². The molecule has 3 aromatic heterocycles. The van der Waals surface area contributed by atoms with Crippen LogP contribution >= 0.6 is 0 Å². The van der Waals surface area contributed by atoms with Crippen LogP contribution in [0.3, 0.4) is 0 Å². The number of aryl methyl sites for hydroxylation is 2. The van der Waals surface area contributed by atoms with Gasteiger partial charge in [-0.2, -0.15) is 5.10 Å². The van der Waals surface area contributed by atoms with Crippen LogP contribution in [0.4, 0.5) is 5.95 Å². The van der Waals surface area contributed by atoms with Gasteiger partial charge in [0.25, 0.3) is 0 Å². The van der Waals surface area contributed by atoms with Gasteiger partial charge in [0.15, 0.2) is 0 Å². The van der Waals surface area contributed by atoms with Crippen LogP contribution in [0.15, 0.2) is 48.9 Å². The molecule has 1 aromatic carbocycles. The van der Waals surface area contributed by atoms with Crippen LogP contribution in [0.1, 0.15) is 72.6 Å². The second-order valence-corrected chi connectivity index (χ2v) is 11.0. The molecule has 4 aromatic rings. The molecule has 2 atom stereocenters. The van der Waals surface area contributed by atoms with E-state index in [-0.39, 0.29) is 5.41 Å². The predicted octanol–water partition coefficient (Wildman–Crippen LogP) is 5.26. The van der Waals surface area contributed by atoms with Gasteiger partial charge in [-0.05, 0) is 61.1 Å². The van der Waals surface area contributed by atoms with Gasteiger partial charge in [-0.25, -0.2) is 14.6 Å². The molecule has 7 heteroatoms. The van der Waals surface area contributed by atoms with Crippen LogP contribution < -0.4 is 4.90 Å². The molecule has 7 nitrogen and oxygen atoms in total. The summed E-state index contributed by atoms with van der Waals surface area (Å²) in [6.45, 7) is 10.5. The Labute approximate surface area is 223 Å². The SMILES string of the molecule is CCc1cnc(N2CCc3nn4c(c3C2)C2(C)C(=CC(C)(OC)c3[nH]ccc32)c2cccc(CC)c2-4)nc1. The monoisotopic (exact) mass is 506 g/mol. The van der Waals surface area contributed by atoms with Crippen LogP contribution in [-0.2, 0) is 41.6 Å². The highest BCUT2D eigenvalue weighted by molar-refractivity contribution is 5.89. The Morgan fingerprint density at radius 3 is 2.63 bits per heavy atom. The summed E-state index contributed by atoms with van der Waals surface area (Å²) in [4.78, 5) is 15.3. The molecule has 1 aliphatic carbocycles. The number of nitrogens with one attached hydrogen (secondary N) is 1. The number of anilines is 1. The van der Waals surface area contributed by atoms with E-state index in [0.29, 0.717) is 0 Å². The first-order valence-electron chi connectivity index (χ1n) is 13.7. The van der Waals surface area contributed by atoms with E-state index in [2.05, 4.69) is 72.6 Å². The molecule has 3 aliphatic rings. The molecular weight excluding hydrogens is 472 g/mol. The molecule has 7 rings (SSSR count). The first-order valence-corrected chi connectivity index (χ1v) is 13.7. The number of ether oxygens (including phenoxy) is 1. The Morgan fingerprint density at radius 2 is 1.89 bits per heavy atom. The average Bonchev–Trinajstić information content (AvgIpc) is 3.61. The summed E-state index contributed by atoms with van der Waals surface area (Å²) in [7, 11) is 1.80. The van der Waals surface area contributed by atoms with E-state index in [4.69, 9.17) is 19.8 Å². The summed E-state index contributed by atoms with van der Waals surface area (Å²) in [5.74, 6) is 0.789. The third-order valence-electron chi connectivity index (χ3n) is 9.06. The van der Waals surface area contributed by atoms with E-state index in [9.17, 15) is 0 Å². The van der Waals surface area contributed by atoms with Gasteiger partial charge in [-0.15, -0.1) is 0 Å². The number of H-pyrrole nitrogens is 1. The van der Waals surface area contributed by atoms with Crippen molar-refractivity contribution >= 4 is 11.5 Å². The zero-order valence-corrected chi connectivity index (χ0v) is 22.8. The molecule has 0 radical (unpaired) electrons. The zero-order valence-electron chi connectivity index (χ0n) is 22.8. The van der Waals surface area contributed by atoms with E-state index in [1.54, 1.807) is 7.11 Å². The molecule has 0 saturated carbocycles. The number of benzene rings is 1. The highest BCUT2D eigenvalue weighted by Crippen LogP contribution is 2.57. The first kappa shape index (κ1) is 23.4. The van der Waals surface area contributed by atoms with Crippen molar-refractivity contribution in [3.63, 3.8) is 0 Å². The Balaban J connectivity index is 1.49. The van der Waals surface area contributed by atoms with Gasteiger partial charge in [-0.1, -0.05) is 32.0 Å². The summed E-state index contributed by atoms with van der Waals surface area (Å²) in [5, 5.41) is 5.33. The molecule has 38 heavy (non-hydrogen) atoms. The first-order chi connectivity index (χ1) is 18.4. The number of aromatic nitrogens is 5. The van der Waals surface area contributed by atoms with Crippen molar-refractivity contribution in [1.29, 1.82) is 0 Å². The third-order valence-corrected chi connectivity index (χ3v) is 9.06. The average molecular weight is 507 g/mol. The summed E-state index contributed by atoms with van der Waals surface area (Å²) in [6.07, 6.45) is 11.0. The molecule has 0 amide bonds. The number of aromatic amines is 1. The molecule has 0 fully saturated rings. The van der Waals surface area contributed by atoms with Crippen molar-refractivity contribution in [2.24, 2.45) is 0 Å². The molecule has 2 aliphatic heterocycles. The third kappa shape index (κ3) is 2.96. The molecule has 5 heterocycles. The maximum atomic E-state index is 6.15. The Kier molecular flexibility index (Phi) is 5.02. The van der Waals surface area contributed by atoms with Gasteiger partial charge in [0.05, 0.1) is 28.2 Å². The normalized spacial score (nSPS) is 23.2. The van der Waals surface area contributed by atoms with Crippen LogP contribution in [0.25, 0.3) is 11.3 Å². The second kappa shape index (κ2) is 8.14. The van der Waals surface area contributed by atoms with E-state index in [1.807, 2.05) is 18.6 Å². The Hall–Kier alpha value is -3.71. The van der Waals surface area contributed by atoms with Gasteiger partial charge < -0.3 is 14.6 Å². The van der Waals surface area contributed by atoms with Crippen molar-refractivity contribution in [3.8, 4) is 5.69 Å². The van der Waals surface area contributed by atoms with Crippen LogP contribution in [0, 0.1) is 0 Å². The van der Waals surface area contributed by atoms with Gasteiger partial charge in [0.1, 0.15) is 5.60 Å². The lowest BCUT2D eigenvalue weighted by Gasteiger charge is -2.46. The smallest absolute Gasteiger partial charge is 0.225 e. The van der Waals surface area contributed by atoms with E-state index < -0.39 is 5.60 Å². The maximum absolute atomic E-state index is 6.15. The van der Waals surface area contributed by atoms with Crippen molar-refractivity contribution in [2.75, 3.05) is 18.6 Å². The molecule has 0 bridgehead atoms. The van der Waals surface area contributed by atoms with Crippen molar-refractivity contribution in [1.82, 2.24) is 24.7 Å². The lowest BCUT2D eigenvalue weighted by molar-refractivity contribution is 0.0398. The minimum Gasteiger partial charge on any atom is -0.368 e. The van der Waals surface area contributed by atoms with Crippen molar-refractivity contribution in [3.05, 3.63) is 93.8 Å². The molecule has 0 saturated heterocycles. The molecule has 0 spiro atoms. The number of allylic oxidation sites excluding steroid dienone is 1. The van der Waals surface area contributed by atoms with E-state index in [1.165, 1.54) is 44.9 Å². The fourth-order valence-corrected chi connectivity index (χ4v) is 6.85. The fraction of sp³-hybridized carbons (Fsp3) is 0.387. The molecular formula is C31H34N6O. The highest BCUT2D eigenvalue weighted by atomic mass is 16.5. The number of nitrogens with zero attached hydrogens (tertiary/aromatic N) is 5. The fourth-order valence-electron chi connectivity index (χ4n) is 6.85. The standard InChI is InChI=1S/C31H34N6O/c1-6-19-16-33-29(34-17-19)36-14-12-25-22(18-36)28-31(4)23-11-13-32-27(23)30(3,38-5)15-24(31)21-10-8-9-20(7-2)26(21)37(28)35-25/h8-11,13,15-17,32H,6-7,12,14,18H2,1-5H3. The van der Waals surface area contributed by atoms with E-state index in [0.717, 1.165) is 49.6 Å². The Morgan fingerprint density at radius 1 is 1.08 bits per heavy atom. The number of hydrogen-bond donors (Lipinski definition) is 1. The number of hydrogen-bond acceptors (Lipinski definition) is 5. The molecule has 1 N–H and O–H groups in total. The van der Waals surface area contributed by atoms with Gasteiger partial charge in [0.2, 0.25) is 5.95 Å².